The Labute approximate surface area is 224 Å². The number of carbonyl (C=O) groups is 1. The molecule has 2 aromatic carbocycles. The molecule has 1 aromatic heterocycles. The van der Waals surface area contributed by atoms with E-state index < -0.39 is 0 Å². The Morgan fingerprint density at radius 3 is 2.54 bits per heavy atom. The summed E-state index contributed by atoms with van der Waals surface area (Å²) in [5.74, 6) is 0.933. The average molecular weight is 543 g/mol. The zero-order chi connectivity index (χ0) is 25.8. The van der Waals surface area contributed by atoms with E-state index in [1.807, 2.05) is 18.2 Å². The molecule has 0 spiro atoms. The summed E-state index contributed by atoms with van der Waals surface area (Å²) in [7, 11) is 0. The van der Waals surface area contributed by atoms with Gasteiger partial charge < -0.3 is 14.4 Å². The molecule has 3 aromatic rings. The first-order valence-corrected chi connectivity index (χ1v) is 13.3. The Bertz CT molecular complexity index is 1360. The largest absolute Gasteiger partial charge is 0.481 e. The molecule has 1 saturated heterocycles. The Hall–Kier alpha value is -2.94. The van der Waals surface area contributed by atoms with Crippen LogP contribution in [0.25, 0.3) is 10.9 Å². The highest BCUT2D eigenvalue weighted by Crippen LogP contribution is 2.34. The second-order valence-electron chi connectivity index (χ2n) is 9.28. The van der Waals surface area contributed by atoms with Crippen molar-refractivity contribution in [2.24, 2.45) is 5.10 Å². The van der Waals surface area contributed by atoms with Crippen LogP contribution in [0.1, 0.15) is 49.4 Å². The van der Waals surface area contributed by atoms with Gasteiger partial charge in [-0.1, -0.05) is 54.6 Å². The van der Waals surface area contributed by atoms with Gasteiger partial charge in [-0.3, -0.25) is 9.59 Å². The van der Waals surface area contributed by atoms with Gasteiger partial charge in [-0.2, -0.15) is 9.78 Å². The predicted molar refractivity (Wildman–Crippen MR) is 144 cm³/mol. The highest BCUT2D eigenvalue weighted by Gasteiger charge is 2.23. The van der Waals surface area contributed by atoms with E-state index in [4.69, 9.17) is 37.7 Å². The summed E-state index contributed by atoms with van der Waals surface area (Å²) < 4.78 is 12.3. The number of nitrogens with zero attached hydrogens (tertiary/aromatic N) is 4. The summed E-state index contributed by atoms with van der Waals surface area (Å²) in [4.78, 5) is 32.3. The van der Waals surface area contributed by atoms with Crippen LogP contribution in [0.15, 0.2) is 46.3 Å². The molecule has 0 atom stereocenters. The van der Waals surface area contributed by atoms with Gasteiger partial charge in [0.15, 0.2) is 12.4 Å². The van der Waals surface area contributed by atoms with Gasteiger partial charge in [0.1, 0.15) is 5.82 Å². The van der Waals surface area contributed by atoms with Crippen molar-refractivity contribution in [3.8, 4) is 5.75 Å². The molecule has 0 unspecified atom stereocenters. The highest BCUT2D eigenvalue weighted by atomic mass is 35.5. The van der Waals surface area contributed by atoms with Crippen molar-refractivity contribution in [1.29, 1.82) is 0 Å². The van der Waals surface area contributed by atoms with Gasteiger partial charge in [0.25, 0.3) is 11.5 Å². The quantitative estimate of drug-likeness (QED) is 0.414. The maximum absolute atomic E-state index is 13.4. The minimum Gasteiger partial charge on any atom is -0.481 e. The van der Waals surface area contributed by atoms with Crippen molar-refractivity contribution in [1.82, 2.24) is 14.6 Å². The van der Waals surface area contributed by atoms with Crippen LogP contribution in [-0.2, 0) is 9.53 Å². The second kappa shape index (κ2) is 11.6. The second-order valence-corrected chi connectivity index (χ2v) is 10.1. The molecule has 10 heteroatoms. The van der Waals surface area contributed by atoms with E-state index in [1.54, 1.807) is 29.3 Å². The molecule has 0 N–H and O–H groups in total. The van der Waals surface area contributed by atoms with Crippen LogP contribution < -0.4 is 10.3 Å². The van der Waals surface area contributed by atoms with E-state index in [0.29, 0.717) is 48.6 Å². The first-order valence-electron chi connectivity index (χ1n) is 12.5. The Morgan fingerprint density at radius 1 is 1.11 bits per heavy atom. The lowest BCUT2D eigenvalue weighted by atomic mass is 9.88. The molecular weight excluding hydrogens is 515 g/mol. The molecular formula is C27H28Cl2N4O4. The van der Waals surface area contributed by atoms with Crippen LogP contribution in [0, 0.1) is 0 Å². The Kier molecular flexibility index (Phi) is 8.08. The summed E-state index contributed by atoms with van der Waals surface area (Å²) in [5, 5.41) is 5.55. The van der Waals surface area contributed by atoms with Crippen LogP contribution in [0.2, 0.25) is 10.0 Å². The van der Waals surface area contributed by atoms with Crippen LogP contribution in [0.5, 0.6) is 5.75 Å². The predicted octanol–water partition coefficient (Wildman–Crippen LogP) is 4.87. The zero-order valence-electron chi connectivity index (χ0n) is 20.4. The third-order valence-corrected chi connectivity index (χ3v) is 7.36. The molecule has 1 aliphatic heterocycles. The lowest BCUT2D eigenvalue weighted by molar-refractivity contribution is -0.137. The van der Waals surface area contributed by atoms with Crippen LogP contribution >= 0.6 is 23.2 Å². The first-order chi connectivity index (χ1) is 18.0. The lowest BCUT2D eigenvalue weighted by Crippen LogP contribution is -2.43. The molecule has 2 heterocycles. The molecule has 0 bridgehead atoms. The van der Waals surface area contributed by atoms with Crippen molar-refractivity contribution in [3.63, 3.8) is 0 Å². The number of hydrogen-bond donors (Lipinski definition) is 0. The van der Waals surface area contributed by atoms with Gasteiger partial charge in [0.05, 0.1) is 40.4 Å². The average Bonchev–Trinajstić information content (AvgIpc) is 2.93. The lowest BCUT2D eigenvalue weighted by Gasteiger charge is -2.26. The fourth-order valence-electron chi connectivity index (χ4n) is 4.83. The van der Waals surface area contributed by atoms with E-state index >= 15 is 0 Å². The standard InChI is InChI=1S/C27H28Cl2N4O4/c28-21-14-18(15-22(29)25(21)37-17-24(34)32-10-12-36-13-11-32)16-30-33-26(19-6-2-1-3-7-19)31-23-9-5-4-8-20(23)27(33)35/h4-5,8-9,14-16,19H,1-3,6-7,10-13,17H2. The van der Waals surface area contributed by atoms with E-state index in [-0.39, 0.29) is 39.8 Å². The van der Waals surface area contributed by atoms with Crippen molar-refractivity contribution in [2.45, 2.75) is 38.0 Å². The number of para-hydroxylation sites is 1. The van der Waals surface area contributed by atoms with Gasteiger partial charge in [-0.25, -0.2) is 4.98 Å². The highest BCUT2D eigenvalue weighted by molar-refractivity contribution is 6.37. The van der Waals surface area contributed by atoms with Crippen molar-refractivity contribution < 1.29 is 14.3 Å². The zero-order valence-corrected chi connectivity index (χ0v) is 21.9. The number of morpholine rings is 1. The SMILES string of the molecule is O=C(COc1c(Cl)cc(C=Nn2c(C3CCCCC3)nc3ccccc3c2=O)cc1Cl)N1CCOCC1. The molecule has 1 amide bonds. The molecule has 8 nitrogen and oxygen atoms in total. The monoisotopic (exact) mass is 542 g/mol. The summed E-state index contributed by atoms with van der Waals surface area (Å²) in [5.41, 5.74) is 1.07. The topological polar surface area (TPSA) is 86.0 Å². The smallest absolute Gasteiger partial charge is 0.282 e. The van der Waals surface area contributed by atoms with Crippen molar-refractivity contribution >= 4 is 46.2 Å². The minimum atomic E-state index is -0.207. The molecule has 194 valence electrons. The molecule has 2 aliphatic rings. The van der Waals surface area contributed by atoms with Gasteiger partial charge >= 0.3 is 0 Å². The first kappa shape index (κ1) is 25.7. The molecule has 37 heavy (non-hydrogen) atoms. The van der Waals surface area contributed by atoms with Crippen molar-refractivity contribution in [3.05, 3.63) is 68.2 Å². The number of hydrogen-bond acceptors (Lipinski definition) is 6. The number of rotatable bonds is 6. The van der Waals surface area contributed by atoms with Gasteiger partial charge in [0, 0.05) is 19.0 Å². The summed E-state index contributed by atoms with van der Waals surface area (Å²) in [6.45, 7) is 1.92. The number of halogens is 2. The number of fused-ring (bicyclic) bond motifs is 1. The number of carbonyl (C=O) groups excluding carboxylic acids is 1. The number of amides is 1. The fourth-order valence-corrected chi connectivity index (χ4v) is 5.44. The molecule has 2 fully saturated rings. The van der Waals surface area contributed by atoms with Gasteiger partial charge in [-0.15, -0.1) is 0 Å². The number of benzene rings is 2. The van der Waals surface area contributed by atoms with Gasteiger partial charge in [-0.05, 0) is 42.7 Å². The number of aromatic nitrogens is 2. The van der Waals surface area contributed by atoms with E-state index in [1.165, 1.54) is 11.1 Å². The van der Waals surface area contributed by atoms with Crippen molar-refractivity contribution in [2.75, 3.05) is 32.9 Å². The van der Waals surface area contributed by atoms with E-state index in [9.17, 15) is 9.59 Å². The summed E-state index contributed by atoms with van der Waals surface area (Å²) in [6, 6.07) is 10.6. The molecule has 0 radical (unpaired) electrons. The molecule has 5 rings (SSSR count). The Morgan fingerprint density at radius 2 is 1.81 bits per heavy atom. The van der Waals surface area contributed by atoms with E-state index in [2.05, 4.69) is 5.10 Å². The fraction of sp³-hybridized carbons (Fsp3) is 0.407. The van der Waals surface area contributed by atoms with Crippen LogP contribution in [0.4, 0.5) is 0 Å². The van der Waals surface area contributed by atoms with Crippen LogP contribution in [0.3, 0.4) is 0 Å². The maximum Gasteiger partial charge on any atom is 0.282 e. The van der Waals surface area contributed by atoms with Gasteiger partial charge in [0.2, 0.25) is 0 Å². The molecule has 1 saturated carbocycles. The maximum atomic E-state index is 13.4. The van der Waals surface area contributed by atoms with E-state index in [0.717, 1.165) is 25.7 Å². The molecule has 1 aliphatic carbocycles. The minimum absolute atomic E-state index is 0.153. The van der Waals surface area contributed by atoms with Crippen LogP contribution in [-0.4, -0.2) is 59.6 Å². The number of ether oxygens (including phenoxy) is 2. The Balaban J connectivity index is 1.40. The normalized spacial score (nSPS) is 17.0. The summed E-state index contributed by atoms with van der Waals surface area (Å²) >= 11 is 12.9. The summed E-state index contributed by atoms with van der Waals surface area (Å²) in [6.07, 6.45) is 6.92. The third-order valence-electron chi connectivity index (χ3n) is 6.80. The third kappa shape index (κ3) is 5.81.